The van der Waals surface area contributed by atoms with Crippen LogP contribution in [0.2, 0.25) is 0 Å². The van der Waals surface area contributed by atoms with Crippen LogP contribution in [0.1, 0.15) is 17.2 Å². The maximum absolute atomic E-state index is 5.86. The van der Waals surface area contributed by atoms with Crippen molar-refractivity contribution in [2.75, 3.05) is 0 Å². The van der Waals surface area contributed by atoms with E-state index < -0.39 is 0 Å². The third-order valence-corrected chi connectivity index (χ3v) is 4.50. The number of aromatic nitrogens is 4. The number of hydrogen-bond acceptors (Lipinski definition) is 7. The van der Waals surface area contributed by atoms with Crippen molar-refractivity contribution in [1.29, 1.82) is 0 Å². The first-order valence-electron chi connectivity index (χ1n) is 7.43. The highest BCUT2D eigenvalue weighted by Crippen LogP contribution is 2.27. The van der Waals surface area contributed by atoms with Crippen molar-refractivity contribution in [2.24, 2.45) is 0 Å². The van der Waals surface area contributed by atoms with Gasteiger partial charge in [-0.2, -0.15) is 4.98 Å². The average molecular weight is 338 g/mol. The molecule has 7 heteroatoms. The number of benzene rings is 1. The monoisotopic (exact) mass is 338 g/mol. The highest BCUT2D eigenvalue weighted by atomic mass is 32.1. The molecule has 0 aliphatic heterocycles. The van der Waals surface area contributed by atoms with E-state index in [4.69, 9.17) is 9.26 Å². The van der Waals surface area contributed by atoms with Crippen LogP contribution in [0.25, 0.3) is 21.7 Å². The number of para-hydroxylation sites is 1. The predicted octanol–water partition coefficient (Wildman–Crippen LogP) is 3.94. The molecule has 0 amide bonds. The number of fused-ring (bicyclic) bond motifs is 1. The fourth-order valence-electron chi connectivity index (χ4n) is 2.39. The van der Waals surface area contributed by atoms with Crippen LogP contribution in [-0.2, 0) is 6.61 Å². The summed E-state index contributed by atoms with van der Waals surface area (Å²) in [5.41, 5.74) is 4.42. The van der Waals surface area contributed by atoms with Crippen molar-refractivity contribution < 1.29 is 9.26 Å². The number of pyridine rings is 1. The van der Waals surface area contributed by atoms with Crippen molar-refractivity contribution >= 4 is 22.2 Å². The molecule has 0 saturated heterocycles. The number of thiazole rings is 1. The molecular formula is C17H14N4O2S. The number of nitrogens with zero attached hydrogens (tertiary/aromatic N) is 4. The first-order chi connectivity index (χ1) is 11.7. The van der Waals surface area contributed by atoms with Gasteiger partial charge in [-0.15, -0.1) is 11.3 Å². The molecule has 6 nitrogen and oxygen atoms in total. The van der Waals surface area contributed by atoms with E-state index in [0.29, 0.717) is 17.5 Å². The number of ether oxygens (including phenoxy) is 1. The first-order valence-corrected chi connectivity index (χ1v) is 8.31. The van der Waals surface area contributed by atoms with Crippen LogP contribution in [0, 0.1) is 13.8 Å². The summed E-state index contributed by atoms with van der Waals surface area (Å²) in [6, 6.07) is 9.85. The minimum atomic E-state index is 0.218. The molecule has 0 spiro atoms. The summed E-state index contributed by atoms with van der Waals surface area (Å²) in [5, 5.41) is 5.01. The lowest BCUT2D eigenvalue weighted by Gasteiger charge is -2.07. The second-order valence-corrected chi connectivity index (χ2v) is 6.21. The van der Waals surface area contributed by atoms with Crippen molar-refractivity contribution in [2.45, 2.75) is 20.5 Å². The van der Waals surface area contributed by atoms with E-state index in [9.17, 15) is 0 Å². The smallest absolute Gasteiger partial charge is 0.270 e. The second-order valence-electron chi connectivity index (χ2n) is 5.35. The molecule has 0 aliphatic carbocycles. The molecular weight excluding hydrogens is 324 g/mol. The Balaban J connectivity index is 1.57. The van der Waals surface area contributed by atoms with Gasteiger partial charge in [-0.25, -0.2) is 9.97 Å². The average Bonchev–Trinajstić information content (AvgIpc) is 3.21. The Labute approximate surface area is 142 Å². The van der Waals surface area contributed by atoms with Crippen LogP contribution in [0.5, 0.6) is 5.75 Å². The van der Waals surface area contributed by atoms with Crippen molar-refractivity contribution in [3.8, 4) is 16.5 Å². The summed E-state index contributed by atoms with van der Waals surface area (Å²) in [7, 11) is 0. The molecule has 1 aromatic carbocycles. The van der Waals surface area contributed by atoms with E-state index in [1.807, 2.05) is 44.2 Å². The molecule has 0 saturated carbocycles. The standard InChI is InChI=1S/C17H14N4O2S/c1-10-6-7-12-4-3-5-13(15(12)19-10)22-8-14-20-17(23-21-14)16-11(2)18-9-24-16/h3-7,9H,8H2,1-2H3. The Morgan fingerprint density at radius 3 is 2.88 bits per heavy atom. The van der Waals surface area contributed by atoms with Crippen LogP contribution in [0.4, 0.5) is 0 Å². The molecule has 4 rings (SSSR count). The fourth-order valence-corrected chi connectivity index (χ4v) is 3.11. The molecule has 3 heterocycles. The molecule has 0 aliphatic rings. The molecule has 0 atom stereocenters. The van der Waals surface area contributed by atoms with Crippen molar-refractivity contribution in [3.05, 3.63) is 53.1 Å². The van der Waals surface area contributed by atoms with Crippen molar-refractivity contribution in [1.82, 2.24) is 20.1 Å². The van der Waals surface area contributed by atoms with Crippen LogP contribution >= 0.6 is 11.3 Å². The van der Waals surface area contributed by atoms with E-state index in [0.717, 1.165) is 27.2 Å². The molecule has 24 heavy (non-hydrogen) atoms. The van der Waals surface area contributed by atoms with Gasteiger partial charge < -0.3 is 9.26 Å². The zero-order valence-electron chi connectivity index (χ0n) is 13.2. The Morgan fingerprint density at radius 2 is 2.04 bits per heavy atom. The van der Waals surface area contributed by atoms with Gasteiger partial charge in [-0.1, -0.05) is 23.4 Å². The van der Waals surface area contributed by atoms with Gasteiger partial charge in [0, 0.05) is 11.1 Å². The Kier molecular flexibility index (Phi) is 3.70. The second kappa shape index (κ2) is 6.01. The molecule has 0 N–H and O–H groups in total. The van der Waals surface area contributed by atoms with E-state index in [1.165, 1.54) is 11.3 Å². The number of hydrogen-bond donors (Lipinski definition) is 0. The lowest BCUT2D eigenvalue weighted by Crippen LogP contribution is -1.99. The zero-order valence-corrected chi connectivity index (χ0v) is 14.0. The quantitative estimate of drug-likeness (QED) is 0.561. The summed E-state index contributed by atoms with van der Waals surface area (Å²) in [6.45, 7) is 4.09. The van der Waals surface area contributed by atoms with Gasteiger partial charge >= 0.3 is 0 Å². The van der Waals surface area contributed by atoms with E-state index in [1.54, 1.807) is 5.51 Å². The summed E-state index contributed by atoms with van der Waals surface area (Å²) in [6.07, 6.45) is 0. The highest BCUT2D eigenvalue weighted by Gasteiger charge is 2.14. The van der Waals surface area contributed by atoms with Gasteiger partial charge in [-0.05, 0) is 26.0 Å². The normalized spacial score (nSPS) is 11.1. The van der Waals surface area contributed by atoms with Crippen LogP contribution in [0.15, 0.2) is 40.4 Å². The van der Waals surface area contributed by atoms with Gasteiger partial charge in [0.15, 0.2) is 6.61 Å². The summed E-state index contributed by atoms with van der Waals surface area (Å²) in [4.78, 5) is 14.0. The lowest BCUT2D eigenvalue weighted by molar-refractivity contribution is 0.290. The minimum absolute atomic E-state index is 0.218. The van der Waals surface area contributed by atoms with Gasteiger partial charge in [0.2, 0.25) is 5.82 Å². The van der Waals surface area contributed by atoms with E-state index >= 15 is 0 Å². The molecule has 0 unspecified atom stereocenters. The molecule has 4 aromatic rings. The molecule has 0 radical (unpaired) electrons. The summed E-state index contributed by atoms with van der Waals surface area (Å²) < 4.78 is 11.2. The van der Waals surface area contributed by atoms with E-state index in [-0.39, 0.29) is 6.61 Å². The molecule has 3 aromatic heterocycles. The third kappa shape index (κ3) is 2.74. The van der Waals surface area contributed by atoms with E-state index in [2.05, 4.69) is 20.1 Å². The fraction of sp³-hybridized carbons (Fsp3) is 0.176. The van der Waals surface area contributed by atoms with Crippen LogP contribution in [-0.4, -0.2) is 20.1 Å². The zero-order chi connectivity index (χ0) is 16.5. The minimum Gasteiger partial charge on any atom is -0.483 e. The van der Waals surface area contributed by atoms with Crippen molar-refractivity contribution in [3.63, 3.8) is 0 Å². The lowest BCUT2D eigenvalue weighted by atomic mass is 10.2. The third-order valence-electron chi connectivity index (χ3n) is 3.59. The first kappa shape index (κ1) is 14.8. The number of rotatable bonds is 4. The molecule has 120 valence electrons. The van der Waals surface area contributed by atoms with Gasteiger partial charge in [0.05, 0.1) is 11.2 Å². The largest absolute Gasteiger partial charge is 0.483 e. The Hall–Kier alpha value is -2.80. The molecule has 0 fully saturated rings. The van der Waals surface area contributed by atoms with Gasteiger partial charge in [-0.3, -0.25) is 0 Å². The predicted molar refractivity (Wildman–Crippen MR) is 91.0 cm³/mol. The topological polar surface area (TPSA) is 73.9 Å². The highest BCUT2D eigenvalue weighted by molar-refractivity contribution is 7.13. The summed E-state index contributed by atoms with van der Waals surface area (Å²) >= 11 is 1.48. The van der Waals surface area contributed by atoms with Gasteiger partial charge in [0.25, 0.3) is 5.89 Å². The molecule has 0 bridgehead atoms. The Bertz CT molecular complexity index is 1010. The van der Waals surface area contributed by atoms with Crippen LogP contribution in [0.3, 0.4) is 0 Å². The summed E-state index contributed by atoms with van der Waals surface area (Å²) in [5.74, 6) is 1.67. The van der Waals surface area contributed by atoms with Gasteiger partial charge in [0.1, 0.15) is 16.1 Å². The number of aryl methyl sites for hydroxylation is 2. The maximum atomic E-state index is 5.86. The Morgan fingerprint density at radius 1 is 1.12 bits per heavy atom. The SMILES string of the molecule is Cc1ccc2cccc(OCc3noc(-c4scnc4C)n3)c2n1. The maximum Gasteiger partial charge on any atom is 0.270 e. The van der Waals surface area contributed by atoms with Crippen LogP contribution < -0.4 is 4.74 Å².